The molecule has 2 heterocycles. The summed E-state index contributed by atoms with van der Waals surface area (Å²) in [6.07, 6.45) is 9.21. The summed E-state index contributed by atoms with van der Waals surface area (Å²) in [5.41, 5.74) is 15.7. The monoisotopic (exact) mass is 739 g/mol. The van der Waals surface area contributed by atoms with Crippen LogP contribution in [-0.2, 0) is 5.41 Å². The van der Waals surface area contributed by atoms with Crippen LogP contribution in [-0.4, -0.2) is 14.5 Å². The van der Waals surface area contributed by atoms with Crippen LogP contribution in [0.3, 0.4) is 0 Å². The number of rotatable bonds is 2. The fourth-order valence-electron chi connectivity index (χ4n) is 10.8. The first-order valence-corrected chi connectivity index (χ1v) is 20.4. The Hall–Kier alpha value is -7.10. The topological polar surface area (TPSA) is 30.7 Å². The van der Waals surface area contributed by atoms with Crippen molar-refractivity contribution in [2.45, 2.75) is 31.1 Å². The fraction of sp³-hybridized carbons (Fsp3) is 0.0909. The van der Waals surface area contributed by atoms with Crippen LogP contribution in [0.15, 0.2) is 176 Å². The van der Waals surface area contributed by atoms with Crippen molar-refractivity contribution < 1.29 is 0 Å². The second-order valence-electron chi connectivity index (χ2n) is 16.9. The van der Waals surface area contributed by atoms with Crippen LogP contribution in [0.4, 0.5) is 0 Å². The molecule has 3 aliphatic carbocycles. The van der Waals surface area contributed by atoms with E-state index >= 15 is 0 Å². The van der Waals surface area contributed by atoms with Crippen LogP contribution >= 0.6 is 0 Å². The molecule has 13 rings (SSSR count). The normalized spacial score (nSPS) is 17.1. The zero-order valence-electron chi connectivity index (χ0n) is 32.2. The zero-order chi connectivity index (χ0) is 38.3. The van der Waals surface area contributed by atoms with E-state index in [0.717, 1.165) is 33.2 Å². The number of hydrogen-bond acceptors (Lipinski definition) is 2. The van der Waals surface area contributed by atoms with Crippen molar-refractivity contribution >= 4 is 54.3 Å². The van der Waals surface area contributed by atoms with Gasteiger partial charge in [0.05, 0.1) is 22.2 Å². The fourth-order valence-corrected chi connectivity index (χ4v) is 10.8. The zero-order valence-corrected chi connectivity index (χ0v) is 32.2. The molecule has 0 amide bonds. The maximum absolute atomic E-state index is 5.62. The predicted octanol–water partition coefficient (Wildman–Crippen LogP) is 14.0. The van der Waals surface area contributed by atoms with Gasteiger partial charge in [0.15, 0.2) is 0 Å². The molecule has 272 valence electrons. The van der Waals surface area contributed by atoms with Gasteiger partial charge in [0.25, 0.3) is 0 Å². The molecule has 2 unspecified atom stereocenters. The molecule has 0 aliphatic heterocycles. The smallest absolute Gasteiger partial charge is 0.235 e. The molecule has 0 saturated heterocycles. The molecule has 0 spiro atoms. The third kappa shape index (κ3) is 4.28. The quantitative estimate of drug-likeness (QED) is 0.165. The van der Waals surface area contributed by atoms with Crippen molar-refractivity contribution in [2.24, 2.45) is 0 Å². The van der Waals surface area contributed by atoms with Gasteiger partial charge in [-0.2, -0.15) is 0 Å². The molecule has 8 aromatic carbocycles. The summed E-state index contributed by atoms with van der Waals surface area (Å²) in [6, 6.07) is 56.1. The molecule has 2 atom stereocenters. The lowest BCUT2D eigenvalue weighted by molar-refractivity contribution is 0.661. The van der Waals surface area contributed by atoms with Gasteiger partial charge in [-0.3, -0.25) is 4.57 Å². The first-order chi connectivity index (χ1) is 28.5. The highest BCUT2D eigenvalue weighted by Gasteiger charge is 2.37. The van der Waals surface area contributed by atoms with Crippen molar-refractivity contribution in [3.63, 3.8) is 0 Å². The lowest BCUT2D eigenvalue weighted by Crippen LogP contribution is -2.16. The molecule has 0 radical (unpaired) electrons. The van der Waals surface area contributed by atoms with Crippen molar-refractivity contribution in [1.29, 1.82) is 0 Å². The number of benzene rings is 8. The predicted molar refractivity (Wildman–Crippen MR) is 241 cm³/mol. The van der Waals surface area contributed by atoms with E-state index in [1.165, 1.54) is 76.8 Å². The van der Waals surface area contributed by atoms with Gasteiger partial charge in [-0.15, -0.1) is 0 Å². The molecular weight excluding hydrogens is 703 g/mol. The summed E-state index contributed by atoms with van der Waals surface area (Å²) in [4.78, 5) is 11.1. The minimum absolute atomic E-state index is 0.157. The third-order valence-corrected chi connectivity index (χ3v) is 13.6. The van der Waals surface area contributed by atoms with Crippen molar-refractivity contribution in [3.8, 4) is 39.5 Å². The maximum Gasteiger partial charge on any atom is 0.235 e. The van der Waals surface area contributed by atoms with Gasteiger partial charge >= 0.3 is 0 Å². The highest BCUT2D eigenvalue weighted by atomic mass is 15.2. The van der Waals surface area contributed by atoms with Crippen LogP contribution in [0.25, 0.3) is 93.7 Å². The van der Waals surface area contributed by atoms with Gasteiger partial charge in [0.1, 0.15) is 0 Å². The maximum atomic E-state index is 5.62. The van der Waals surface area contributed by atoms with Gasteiger partial charge in [0.2, 0.25) is 5.95 Å². The van der Waals surface area contributed by atoms with Crippen molar-refractivity contribution in [1.82, 2.24) is 14.5 Å². The van der Waals surface area contributed by atoms with E-state index < -0.39 is 0 Å². The van der Waals surface area contributed by atoms with Gasteiger partial charge in [-0.25, -0.2) is 9.97 Å². The Labute approximate surface area is 336 Å². The average Bonchev–Trinajstić information content (AvgIpc) is 3.71. The first-order valence-electron chi connectivity index (χ1n) is 20.4. The van der Waals surface area contributed by atoms with Gasteiger partial charge in [-0.05, 0) is 102 Å². The Bertz CT molecular complexity index is 3510. The van der Waals surface area contributed by atoms with E-state index in [2.05, 4.69) is 194 Å². The number of fused-ring (bicyclic) bond motifs is 16. The second kappa shape index (κ2) is 11.5. The lowest BCUT2D eigenvalue weighted by Gasteiger charge is -2.34. The van der Waals surface area contributed by atoms with Gasteiger partial charge in [0, 0.05) is 39.0 Å². The number of nitrogens with zero attached hydrogens (tertiary/aromatic N) is 3. The number of para-hydroxylation sites is 1. The molecule has 2 aromatic heterocycles. The van der Waals surface area contributed by atoms with E-state index in [9.17, 15) is 0 Å². The van der Waals surface area contributed by atoms with Gasteiger partial charge in [-0.1, -0.05) is 153 Å². The van der Waals surface area contributed by atoms with E-state index in [-0.39, 0.29) is 11.3 Å². The minimum atomic E-state index is -0.157. The summed E-state index contributed by atoms with van der Waals surface area (Å²) in [5, 5.41) is 8.43. The van der Waals surface area contributed by atoms with E-state index in [4.69, 9.17) is 9.97 Å². The van der Waals surface area contributed by atoms with E-state index in [1.54, 1.807) is 0 Å². The molecule has 3 aliphatic rings. The summed E-state index contributed by atoms with van der Waals surface area (Å²) in [5.74, 6) is 1.25. The summed E-state index contributed by atoms with van der Waals surface area (Å²) in [6.45, 7) is 4.73. The van der Waals surface area contributed by atoms with Crippen molar-refractivity contribution in [2.75, 3.05) is 0 Å². The largest absolute Gasteiger partial charge is 0.278 e. The number of aromatic nitrogens is 3. The molecule has 0 fully saturated rings. The Morgan fingerprint density at radius 2 is 1.14 bits per heavy atom. The van der Waals surface area contributed by atoms with E-state index in [1.807, 2.05) is 0 Å². The molecule has 0 saturated carbocycles. The Balaban J connectivity index is 1.14. The SMILES string of the molecule is CC1(C)c2ccccc2-c2cc3c4cc5c(cc4n(-c4nc(-c6ccc7ccc8ccccc8c7c6)c6ccccc6n4)c3cc21)-c1ccccc1C1C=CC=CC51. The number of hydrogen-bond donors (Lipinski definition) is 0. The summed E-state index contributed by atoms with van der Waals surface area (Å²) >= 11 is 0. The molecule has 0 bridgehead atoms. The minimum Gasteiger partial charge on any atom is -0.278 e. The Kier molecular flexibility index (Phi) is 6.35. The highest BCUT2D eigenvalue weighted by Crippen LogP contribution is 2.54. The van der Waals surface area contributed by atoms with Gasteiger partial charge < -0.3 is 0 Å². The molecule has 10 aromatic rings. The number of allylic oxidation sites excluding steroid dienone is 4. The van der Waals surface area contributed by atoms with Crippen LogP contribution in [0.1, 0.15) is 47.9 Å². The lowest BCUT2D eigenvalue weighted by atomic mass is 9.70. The Morgan fingerprint density at radius 3 is 2.02 bits per heavy atom. The second-order valence-corrected chi connectivity index (χ2v) is 16.9. The van der Waals surface area contributed by atoms with Crippen LogP contribution in [0.2, 0.25) is 0 Å². The highest BCUT2D eigenvalue weighted by molar-refractivity contribution is 6.14. The third-order valence-electron chi connectivity index (χ3n) is 13.6. The average molecular weight is 740 g/mol. The van der Waals surface area contributed by atoms with Crippen LogP contribution in [0.5, 0.6) is 0 Å². The standard InChI is InChI=1S/C55H37N3/c1-55(2)48-21-11-9-19-40(48)45-29-47-46-28-43-38-17-7-5-15-36(38)37-16-6-8-18-39(37)44(43)30-51(46)58(52(47)31-49(45)55)54-56-50-22-12-10-20-41(50)53(57-54)34-26-25-33-24-23-32-13-3-4-14-35(32)42(33)27-34/h3-31,36,38H,1-2H3. The molecule has 0 N–H and O–H groups in total. The first kappa shape index (κ1) is 32.0. The molecule has 58 heavy (non-hydrogen) atoms. The van der Waals surface area contributed by atoms with E-state index in [0.29, 0.717) is 11.9 Å². The summed E-state index contributed by atoms with van der Waals surface area (Å²) in [7, 11) is 0. The molecular formula is C55H37N3. The Morgan fingerprint density at radius 1 is 0.466 bits per heavy atom. The molecule has 3 nitrogen and oxygen atoms in total. The summed E-state index contributed by atoms with van der Waals surface area (Å²) < 4.78 is 2.36. The van der Waals surface area contributed by atoms with Crippen molar-refractivity contribution in [3.05, 3.63) is 198 Å². The van der Waals surface area contributed by atoms with Crippen LogP contribution < -0.4 is 0 Å². The molecule has 3 heteroatoms. The van der Waals surface area contributed by atoms with Crippen LogP contribution in [0, 0.1) is 0 Å².